The van der Waals surface area contributed by atoms with Gasteiger partial charge in [0.05, 0.1) is 28.6 Å². The molecule has 0 spiro atoms. The lowest BCUT2D eigenvalue weighted by Crippen LogP contribution is -2.39. The molecule has 1 aliphatic carbocycles. The standard InChI is InChI=1S/C20H19N3O4S/c1-13-8-9-16(27-2)18(22-13)20(10-11-20)19(24)23-28(25,26)17-7-3-6-15-14(17)5-4-12-21-15/h3-9,12H,10-11H2,1-2H3,(H,23,24). The van der Waals surface area contributed by atoms with Crippen molar-refractivity contribution in [2.45, 2.75) is 30.1 Å². The number of carbonyl (C=O) groups is 1. The summed E-state index contributed by atoms with van der Waals surface area (Å²) in [5.41, 5.74) is 0.758. The van der Waals surface area contributed by atoms with Gasteiger partial charge < -0.3 is 4.74 Å². The van der Waals surface area contributed by atoms with Crippen LogP contribution in [0.15, 0.2) is 53.6 Å². The largest absolute Gasteiger partial charge is 0.495 e. The van der Waals surface area contributed by atoms with E-state index in [1.807, 2.05) is 6.92 Å². The summed E-state index contributed by atoms with van der Waals surface area (Å²) >= 11 is 0. The van der Waals surface area contributed by atoms with E-state index in [4.69, 9.17) is 4.74 Å². The molecule has 0 atom stereocenters. The van der Waals surface area contributed by atoms with Crippen LogP contribution in [0, 0.1) is 6.92 Å². The monoisotopic (exact) mass is 397 g/mol. The average Bonchev–Trinajstić information content (AvgIpc) is 3.49. The van der Waals surface area contributed by atoms with Gasteiger partial charge in [-0.2, -0.15) is 0 Å². The van der Waals surface area contributed by atoms with Gasteiger partial charge in [-0.05, 0) is 56.2 Å². The van der Waals surface area contributed by atoms with Crippen LogP contribution in [0.2, 0.25) is 0 Å². The van der Waals surface area contributed by atoms with Gasteiger partial charge in [0.15, 0.2) is 0 Å². The molecule has 28 heavy (non-hydrogen) atoms. The predicted molar refractivity (Wildman–Crippen MR) is 104 cm³/mol. The maximum atomic E-state index is 13.0. The zero-order chi connectivity index (χ0) is 19.9. The van der Waals surface area contributed by atoms with Crippen molar-refractivity contribution in [2.75, 3.05) is 7.11 Å². The minimum atomic E-state index is -4.08. The number of rotatable bonds is 5. The third-order valence-electron chi connectivity index (χ3n) is 4.98. The van der Waals surface area contributed by atoms with Crippen LogP contribution in [-0.2, 0) is 20.2 Å². The molecule has 7 nitrogen and oxygen atoms in total. The fourth-order valence-electron chi connectivity index (χ4n) is 3.33. The lowest BCUT2D eigenvalue weighted by Gasteiger charge is -2.18. The summed E-state index contributed by atoms with van der Waals surface area (Å²) in [7, 11) is -2.57. The van der Waals surface area contributed by atoms with Gasteiger partial charge in [0, 0.05) is 17.3 Å². The number of nitrogens with zero attached hydrogens (tertiary/aromatic N) is 2. The summed E-state index contributed by atoms with van der Waals surface area (Å²) in [5, 5.41) is 0.460. The summed E-state index contributed by atoms with van der Waals surface area (Å²) < 4.78 is 33.5. The minimum absolute atomic E-state index is 0.0198. The van der Waals surface area contributed by atoms with Crippen LogP contribution >= 0.6 is 0 Å². The molecule has 1 amide bonds. The molecule has 3 aromatic rings. The van der Waals surface area contributed by atoms with Gasteiger partial charge >= 0.3 is 0 Å². The van der Waals surface area contributed by atoms with E-state index in [0.717, 1.165) is 5.69 Å². The van der Waals surface area contributed by atoms with Crippen molar-refractivity contribution in [2.24, 2.45) is 0 Å². The number of hydrogen-bond donors (Lipinski definition) is 1. The first-order chi connectivity index (χ1) is 13.4. The smallest absolute Gasteiger partial charge is 0.264 e. The van der Waals surface area contributed by atoms with Crippen molar-refractivity contribution in [3.05, 3.63) is 60.0 Å². The molecular weight excluding hydrogens is 378 g/mol. The highest BCUT2D eigenvalue weighted by molar-refractivity contribution is 7.90. The third-order valence-corrected chi connectivity index (χ3v) is 6.37. The molecule has 2 heterocycles. The molecule has 8 heteroatoms. The second-order valence-electron chi connectivity index (χ2n) is 6.85. The number of benzene rings is 1. The van der Waals surface area contributed by atoms with E-state index < -0.39 is 21.3 Å². The van der Waals surface area contributed by atoms with Crippen LogP contribution in [0.1, 0.15) is 24.2 Å². The molecule has 1 saturated carbocycles. The Morgan fingerprint density at radius 1 is 1.14 bits per heavy atom. The Morgan fingerprint density at radius 3 is 2.64 bits per heavy atom. The number of fused-ring (bicyclic) bond motifs is 1. The van der Waals surface area contributed by atoms with Crippen LogP contribution in [0.5, 0.6) is 5.75 Å². The highest BCUT2D eigenvalue weighted by atomic mass is 32.2. The van der Waals surface area contributed by atoms with Gasteiger partial charge in [0.25, 0.3) is 10.0 Å². The first kappa shape index (κ1) is 18.4. The molecule has 0 radical (unpaired) electrons. The number of hydrogen-bond acceptors (Lipinski definition) is 6. The van der Waals surface area contributed by atoms with Crippen molar-refractivity contribution in [3.8, 4) is 5.75 Å². The number of nitrogens with one attached hydrogen (secondary N) is 1. The predicted octanol–water partition coefficient (Wildman–Crippen LogP) is 2.48. The highest BCUT2D eigenvalue weighted by Gasteiger charge is 2.55. The molecule has 1 fully saturated rings. The van der Waals surface area contributed by atoms with Gasteiger partial charge in [-0.15, -0.1) is 0 Å². The Morgan fingerprint density at radius 2 is 1.93 bits per heavy atom. The second kappa shape index (κ2) is 6.56. The van der Waals surface area contributed by atoms with E-state index in [1.165, 1.54) is 13.2 Å². The van der Waals surface area contributed by atoms with E-state index >= 15 is 0 Å². The van der Waals surface area contributed by atoms with Gasteiger partial charge in [-0.25, -0.2) is 13.1 Å². The molecule has 1 aromatic carbocycles. The number of aryl methyl sites for hydroxylation is 1. The zero-order valence-electron chi connectivity index (χ0n) is 15.5. The van der Waals surface area contributed by atoms with Crippen molar-refractivity contribution >= 4 is 26.8 Å². The van der Waals surface area contributed by atoms with E-state index in [0.29, 0.717) is 35.2 Å². The fourth-order valence-corrected chi connectivity index (χ4v) is 4.60. The summed E-state index contributed by atoms with van der Waals surface area (Å²) in [6.45, 7) is 1.82. The minimum Gasteiger partial charge on any atom is -0.495 e. The van der Waals surface area contributed by atoms with Crippen molar-refractivity contribution in [3.63, 3.8) is 0 Å². The van der Waals surface area contributed by atoms with Crippen molar-refractivity contribution < 1.29 is 17.9 Å². The molecule has 2 aromatic heterocycles. The van der Waals surface area contributed by atoms with Crippen LogP contribution in [0.4, 0.5) is 0 Å². The van der Waals surface area contributed by atoms with E-state index in [2.05, 4.69) is 14.7 Å². The molecule has 1 aliphatic rings. The van der Waals surface area contributed by atoms with Gasteiger partial charge in [0.2, 0.25) is 5.91 Å². The molecule has 1 N–H and O–H groups in total. The summed E-state index contributed by atoms with van der Waals surface area (Å²) in [5.74, 6) is -0.116. The number of methoxy groups -OCH3 is 1. The Hall–Kier alpha value is -3.00. The Bertz CT molecular complexity index is 1180. The summed E-state index contributed by atoms with van der Waals surface area (Å²) in [6.07, 6.45) is 2.61. The SMILES string of the molecule is COc1ccc(C)nc1C1(C(=O)NS(=O)(=O)c2cccc3ncccc23)CC1. The lowest BCUT2D eigenvalue weighted by molar-refractivity contribution is -0.121. The van der Waals surface area contributed by atoms with Gasteiger partial charge in [-0.1, -0.05) is 6.07 Å². The topological polar surface area (TPSA) is 98.2 Å². The number of sulfonamides is 1. The van der Waals surface area contributed by atoms with E-state index in [9.17, 15) is 13.2 Å². The van der Waals surface area contributed by atoms with Crippen LogP contribution in [0.3, 0.4) is 0 Å². The number of pyridine rings is 2. The van der Waals surface area contributed by atoms with Crippen LogP contribution in [0.25, 0.3) is 10.9 Å². The van der Waals surface area contributed by atoms with Crippen LogP contribution in [-0.4, -0.2) is 31.4 Å². The molecule has 0 unspecified atom stereocenters. The average molecular weight is 397 g/mol. The quantitative estimate of drug-likeness (QED) is 0.710. The summed E-state index contributed by atoms with van der Waals surface area (Å²) in [4.78, 5) is 21.7. The van der Waals surface area contributed by atoms with Crippen molar-refractivity contribution in [1.29, 1.82) is 0 Å². The maximum absolute atomic E-state index is 13.0. The molecule has 144 valence electrons. The molecule has 0 aliphatic heterocycles. The lowest BCUT2D eigenvalue weighted by atomic mass is 10.00. The number of aromatic nitrogens is 2. The van der Waals surface area contributed by atoms with Gasteiger partial charge in [-0.3, -0.25) is 14.8 Å². The molecule has 0 bridgehead atoms. The summed E-state index contributed by atoms with van der Waals surface area (Å²) in [6, 6.07) is 11.6. The highest BCUT2D eigenvalue weighted by Crippen LogP contribution is 2.50. The number of ether oxygens (including phenoxy) is 1. The third kappa shape index (κ3) is 2.99. The number of amides is 1. The second-order valence-corrected chi connectivity index (χ2v) is 8.50. The first-order valence-electron chi connectivity index (χ1n) is 8.80. The zero-order valence-corrected chi connectivity index (χ0v) is 16.3. The Labute approximate surface area is 162 Å². The first-order valence-corrected chi connectivity index (χ1v) is 10.3. The van der Waals surface area contributed by atoms with Crippen LogP contribution < -0.4 is 9.46 Å². The van der Waals surface area contributed by atoms with E-state index in [-0.39, 0.29) is 4.90 Å². The number of carbonyl (C=O) groups excluding carboxylic acids is 1. The maximum Gasteiger partial charge on any atom is 0.264 e. The fraction of sp³-hybridized carbons (Fsp3) is 0.250. The Balaban J connectivity index is 1.71. The van der Waals surface area contributed by atoms with Gasteiger partial charge in [0.1, 0.15) is 5.75 Å². The molecule has 0 saturated heterocycles. The molecular formula is C20H19N3O4S. The molecule has 4 rings (SSSR count). The Kier molecular flexibility index (Phi) is 4.30. The van der Waals surface area contributed by atoms with Crippen molar-refractivity contribution in [1.82, 2.24) is 14.7 Å². The van der Waals surface area contributed by atoms with E-state index in [1.54, 1.807) is 42.6 Å². The normalized spacial score (nSPS) is 15.2.